The number of nitrogens with one attached hydrogen (secondary N) is 1. The molecule has 3 rings (SSSR count). The number of aromatic nitrogens is 3. The van der Waals surface area contributed by atoms with Gasteiger partial charge in [0.25, 0.3) is 0 Å². The number of nitrogens with two attached hydrogens (primary N) is 1. The lowest BCUT2D eigenvalue weighted by molar-refractivity contribution is -0.119. The zero-order valence-corrected chi connectivity index (χ0v) is 18.6. The van der Waals surface area contributed by atoms with Gasteiger partial charge < -0.3 is 10.5 Å². The Labute approximate surface area is 185 Å². The van der Waals surface area contributed by atoms with Crippen molar-refractivity contribution in [3.63, 3.8) is 0 Å². The number of urea groups is 1. The molecule has 162 valence electrons. The molecular formula is C22H25N5O3S. The van der Waals surface area contributed by atoms with Crippen LogP contribution in [0.2, 0.25) is 0 Å². The third-order valence-electron chi connectivity index (χ3n) is 4.68. The zero-order chi connectivity index (χ0) is 22.5. The Morgan fingerprint density at radius 1 is 1.06 bits per heavy atom. The minimum Gasteiger partial charge on any atom is -0.497 e. The van der Waals surface area contributed by atoms with Crippen molar-refractivity contribution >= 4 is 23.7 Å². The highest BCUT2D eigenvalue weighted by molar-refractivity contribution is 8.00. The Balaban J connectivity index is 2.11. The molecular weight excluding hydrogens is 414 g/mol. The van der Waals surface area contributed by atoms with E-state index in [1.54, 1.807) is 14.0 Å². The molecule has 31 heavy (non-hydrogen) atoms. The van der Waals surface area contributed by atoms with Gasteiger partial charge in [-0.25, -0.2) is 4.79 Å². The summed E-state index contributed by atoms with van der Waals surface area (Å²) in [5.74, 6) is 1.15. The lowest BCUT2D eigenvalue weighted by Crippen LogP contribution is -2.39. The molecule has 1 unspecified atom stereocenters. The zero-order valence-electron chi connectivity index (χ0n) is 17.8. The maximum Gasteiger partial charge on any atom is 0.318 e. The minimum absolute atomic E-state index is 0.260. The van der Waals surface area contributed by atoms with Crippen LogP contribution in [0.5, 0.6) is 5.75 Å². The van der Waals surface area contributed by atoms with Gasteiger partial charge >= 0.3 is 6.03 Å². The van der Waals surface area contributed by atoms with Gasteiger partial charge in [-0.2, -0.15) is 0 Å². The molecule has 0 aliphatic heterocycles. The van der Waals surface area contributed by atoms with Gasteiger partial charge in [0.1, 0.15) is 5.75 Å². The quantitative estimate of drug-likeness (QED) is 0.542. The number of thioether (sulfide) groups is 1. The molecule has 9 heteroatoms. The van der Waals surface area contributed by atoms with E-state index < -0.39 is 17.2 Å². The second-order valence-corrected chi connectivity index (χ2v) is 8.51. The number of para-hydroxylation sites is 1. The highest BCUT2D eigenvalue weighted by Gasteiger charge is 2.24. The maximum atomic E-state index is 12.2. The van der Waals surface area contributed by atoms with Crippen molar-refractivity contribution < 1.29 is 14.3 Å². The molecule has 1 atom stereocenters. The predicted octanol–water partition coefficient (Wildman–Crippen LogP) is 3.74. The molecule has 0 aliphatic rings. The van der Waals surface area contributed by atoms with Gasteiger partial charge in [0, 0.05) is 5.56 Å². The van der Waals surface area contributed by atoms with Crippen LogP contribution in [0.3, 0.4) is 0 Å². The highest BCUT2D eigenvalue weighted by atomic mass is 32.2. The molecule has 0 radical (unpaired) electrons. The first-order valence-electron chi connectivity index (χ1n) is 9.78. The fourth-order valence-corrected chi connectivity index (χ4v) is 3.96. The smallest absolute Gasteiger partial charge is 0.318 e. The van der Waals surface area contributed by atoms with Crippen molar-refractivity contribution in [2.45, 2.75) is 37.1 Å². The predicted molar refractivity (Wildman–Crippen MR) is 120 cm³/mol. The number of hydrogen-bond donors (Lipinski definition) is 2. The molecule has 0 spiro atoms. The molecule has 3 amide bonds. The minimum atomic E-state index is -0.886. The lowest BCUT2D eigenvalue weighted by atomic mass is 10.0. The summed E-state index contributed by atoms with van der Waals surface area (Å²) in [5.41, 5.74) is 7.98. The van der Waals surface area contributed by atoms with Crippen LogP contribution in [0.1, 0.15) is 32.3 Å². The number of carbonyl (C=O) groups excluding carboxylic acids is 2. The number of imide groups is 1. The van der Waals surface area contributed by atoms with Crippen LogP contribution in [-0.2, 0) is 4.79 Å². The van der Waals surface area contributed by atoms with Crippen molar-refractivity contribution in [3.05, 3.63) is 54.1 Å². The molecule has 0 aliphatic carbocycles. The van der Waals surface area contributed by atoms with Crippen LogP contribution in [-0.4, -0.2) is 39.1 Å². The van der Waals surface area contributed by atoms with E-state index in [4.69, 9.17) is 10.5 Å². The van der Waals surface area contributed by atoms with Crippen molar-refractivity contribution in [2.75, 3.05) is 7.11 Å². The Bertz CT molecular complexity index is 1080. The summed E-state index contributed by atoms with van der Waals surface area (Å²) < 4.78 is 7.20. The summed E-state index contributed by atoms with van der Waals surface area (Å²) >= 11 is 1.20. The summed E-state index contributed by atoms with van der Waals surface area (Å²) in [6, 6.07) is 14.7. The SMILES string of the molecule is COc1ccc(-c2nnc(SC(C)C(=O)NC(N)=O)n2-c2ccccc2C(C)C)cc1. The van der Waals surface area contributed by atoms with E-state index in [0.717, 1.165) is 22.6 Å². The average molecular weight is 440 g/mol. The Hall–Kier alpha value is -3.33. The van der Waals surface area contributed by atoms with Crippen molar-refractivity contribution in [3.8, 4) is 22.8 Å². The summed E-state index contributed by atoms with van der Waals surface area (Å²) in [6.45, 7) is 5.92. The maximum absolute atomic E-state index is 12.2. The molecule has 3 aromatic rings. The van der Waals surface area contributed by atoms with Crippen LogP contribution in [0.4, 0.5) is 4.79 Å². The number of primary amides is 1. The van der Waals surface area contributed by atoms with Crippen LogP contribution in [0, 0.1) is 0 Å². The largest absolute Gasteiger partial charge is 0.497 e. The van der Waals surface area contributed by atoms with Crippen molar-refractivity contribution in [1.29, 1.82) is 0 Å². The topological polar surface area (TPSA) is 112 Å². The standard InChI is InChI=1S/C22H25N5O3S/c1-13(2)17-7-5-6-8-18(17)27-19(15-9-11-16(30-4)12-10-15)25-26-22(27)31-14(3)20(28)24-21(23)29/h5-14H,1-4H3,(H3,23,24,28,29). The second kappa shape index (κ2) is 9.65. The summed E-state index contributed by atoms with van der Waals surface area (Å²) in [7, 11) is 1.61. The number of hydrogen-bond acceptors (Lipinski definition) is 6. The molecule has 0 saturated carbocycles. The van der Waals surface area contributed by atoms with Crippen LogP contribution in [0.15, 0.2) is 53.7 Å². The van der Waals surface area contributed by atoms with Gasteiger partial charge in [-0.1, -0.05) is 43.8 Å². The second-order valence-electron chi connectivity index (χ2n) is 7.20. The van der Waals surface area contributed by atoms with Crippen molar-refractivity contribution in [1.82, 2.24) is 20.1 Å². The van der Waals surface area contributed by atoms with Gasteiger partial charge in [0.05, 0.1) is 18.0 Å². The van der Waals surface area contributed by atoms with E-state index in [1.807, 2.05) is 47.0 Å². The number of benzene rings is 2. The van der Waals surface area contributed by atoms with Crippen LogP contribution >= 0.6 is 11.8 Å². The normalized spacial score (nSPS) is 11.9. The van der Waals surface area contributed by atoms with Gasteiger partial charge in [0.15, 0.2) is 11.0 Å². The van der Waals surface area contributed by atoms with Gasteiger partial charge in [-0.3, -0.25) is 14.7 Å². The number of methoxy groups -OCH3 is 1. The average Bonchev–Trinajstić information content (AvgIpc) is 3.16. The van der Waals surface area contributed by atoms with Crippen molar-refractivity contribution in [2.24, 2.45) is 5.73 Å². The first-order valence-corrected chi connectivity index (χ1v) is 10.7. The van der Waals surface area contributed by atoms with E-state index in [1.165, 1.54) is 11.8 Å². The number of ether oxygens (including phenoxy) is 1. The number of carbonyl (C=O) groups is 2. The van der Waals surface area contributed by atoms with E-state index in [-0.39, 0.29) is 5.92 Å². The Kier molecular flexibility index (Phi) is 6.96. The van der Waals surface area contributed by atoms with Crippen LogP contribution in [0.25, 0.3) is 17.1 Å². The van der Waals surface area contributed by atoms with E-state index in [0.29, 0.717) is 11.0 Å². The molecule has 1 aromatic heterocycles. The molecule has 0 fully saturated rings. The van der Waals surface area contributed by atoms with Gasteiger partial charge in [0.2, 0.25) is 5.91 Å². The number of rotatable bonds is 7. The Morgan fingerprint density at radius 3 is 2.35 bits per heavy atom. The first kappa shape index (κ1) is 22.4. The third kappa shape index (κ3) is 5.05. The highest BCUT2D eigenvalue weighted by Crippen LogP contribution is 2.34. The monoisotopic (exact) mass is 439 g/mol. The van der Waals surface area contributed by atoms with Gasteiger partial charge in [-0.15, -0.1) is 10.2 Å². The molecule has 8 nitrogen and oxygen atoms in total. The molecule has 0 bridgehead atoms. The molecule has 2 aromatic carbocycles. The van der Waals surface area contributed by atoms with E-state index >= 15 is 0 Å². The third-order valence-corrected chi connectivity index (χ3v) is 5.72. The number of nitrogens with zero attached hydrogens (tertiary/aromatic N) is 3. The van der Waals surface area contributed by atoms with E-state index in [2.05, 4.69) is 35.4 Å². The first-order chi connectivity index (χ1) is 14.8. The van der Waals surface area contributed by atoms with E-state index in [9.17, 15) is 9.59 Å². The lowest BCUT2D eigenvalue weighted by Gasteiger charge is -2.18. The summed E-state index contributed by atoms with van der Waals surface area (Å²) in [4.78, 5) is 23.3. The Morgan fingerprint density at radius 2 is 1.74 bits per heavy atom. The molecule has 0 saturated heterocycles. The number of amides is 3. The summed E-state index contributed by atoms with van der Waals surface area (Å²) in [6.07, 6.45) is 0. The fourth-order valence-electron chi connectivity index (χ4n) is 3.10. The molecule has 3 N–H and O–H groups in total. The van der Waals surface area contributed by atoms with Crippen LogP contribution < -0.4 is 15.8 Å². The summed E-state index contributed by atoms with van der Waals surface area (Å²) in [5, 5.41) is 10.8. The fraction of sp³-hybridized carbons (Fsp3) is 0.273. The molecule has 1 heterocycles. The van der Waals surface area contributed by atoms with Gasteiger partial charge in [-0.05, 0) is 48.7 Å².